The summed E-state index contributed by atoms with van der Waals surface area (Å²) in [6.07, 6.45) is 3.46. The molecule has 0 spiro atoms. The molecule has 0 saturated carbocycles. The van der Waals surface area contributed by atoms with Crippen molar-refractivity contribution in [2.75, 3.05) is 31.6 Å². The number of hydrogen-bond donors (Lipinski definition) is 1. The topological polar surface area (TPSA) is 65.8 Å². The second-order valence-corrected chi connectivity index (χ2v) is 9.13. The number of para-hydroxylation sites is 1. The number of piperidine rings is 1. The highest BCUT2D eigenvalue weighted by molar-refractivity contribution is 5.94. The van der Waals surface area contributed by atoms with Crippen LogP contribution in [0.25, 0.3) is 0 Å². The molecule has 6 heteroatoms. The Labute approximate surface area is 183 Å². The number of nitrogens with one attached hydrogen (secondary N) is 1. The Balaban J connectivity index is 1.32. The van der Waals surface area contributed by atoms with Crippen LogP contribution in [-0.2, 0) is 10.2 Å². The number of likely N-dealkylation sites (tertiary alicyclic amines) is 1. The number of amides is 1. The SMILES string of the molecule is Cc1ccc(C(=O)NC2CCN(CC(=O)/C=C3\N(C)c4ccccc4C3(C)C)CC2)o1. The lowest BCUT2D eigenvalue weighted by atomic mass is 9.83. The molecule has 0 aliphatic carbocycles. The van der Waals surface area contributed by atoms with E-state index in [-0.39, 0.29) is 23.1 Å². The van der Waals surface area contributed by atoms with Crippen LogP contribution < -0.4 is 10.2 Å². The number of ketones is 1. The molecule has 1 amide bonds. The average Bonchev–Trinajstić information content (AvgIpc) is 3.26. The van der Waals surface area contributed by atoms with E-state index in [1.54, 1.807) is 12.1 Å². The average molecular weight is 422 g/mol. The zero-order valence-corrected chi connectivity index (χ0v) is 18.8. The molecule has 1 aromatic heterocycles. The Morgan fingerprint density at radius 1 is 1.16 bits per heavy atom. The van der Waals surface area contributed by atoms with E-state index < -0.39 is 0 Å². The van der Waals surface area contributed by atoms with E-state index in [0.717, 1.165) is 43.1 Å². The van der Waals surface area contributed by atoms with E-state index in [1.165, 1.54) is 5.56 Å². The van der Waals surface area contributed by atoms with Crippen LogP contribution in [0.1, 0.15) is 48.6 Å². The van der Waals surface area contributed by atoms with Gasteiger partial charge in [-0.3, -0.25) is 14.5 Å². The molecular formula is C25H31N3O3. The van der Waals surface area contributed by atoms with E-state index in [2.05, 4.69) is 47.2 Å². The lowest BCUT2D eigenvalue weighted by Crippen LogP contribution is -2.45. The number of carbonyl (C=O) groups excluding carboxylic acids is 2. The summed E-state index contributed by atoms with van der Waals surface area (Å²) in [6, 6.07) is 11.9. The molecule has 2 aliphatic heterocycles. The number of rotatable bonds is 5. The second kappa shape index (κ2) is 8.35. The smallest absolute Gasteiger partial charge is 0.287 e. The van der Waals surface area contributed by atoms with Crippen LogP contribution >= 0.6 is 0 Å². The maximum absolute atomic E-state index is 12.9. The minimum Gasteiger partial charge on any atom is -0.456 e. The normalized spacial score (nSPS) is 20.1. The van der Waals surface area contributed by atoms with Gasteiger partial charge in [0.05, 0.1) is 6.54 Å². The van der Waals surface area contributed by atoms with Gasteiger partial charge in [-0.1, -0.05) is 32.0 Å². The minimum atomic E-state index is -0.192. The Morgan fingerprint density at radius 2 is 1.87 bits per heavy atom. The molecule has 2 aliphatic rings. The molecule has 0 unspecified atom stereocenters. The first-order valence-corrected chi connectivity index (χ1v) is 10.9. The first kappa shape index (κ1) is 21.4. The van der Waals surface area contributed by atoms with Crippen LogP contribution in [0.15, 0.2) is 52.6 Å². The van der Waals surface area contributed by atoms with E-state index in [4.69, 9.17) is 4.42 Å². The summed E-state index contributed by atoms with van der Waals surface area (Å²) >= 11 is 0. The molecule has 1 aromatic carbocycles. The first-order valence-electron chi connectivity index (χ1n) is 10.9. The van der Waals surface area contributed by atoms with E-state index in [0.29, 0.717) is 12.3 Å². The van der Waals surface area contributed by atoms with Gasteiger partial charge >= 0.3 is 0 Å². The highest BCUT2D eigenvalue weighted by atomic mass is 16.3. The number of nitrogens with zero attached hydrogens (tertiary/aromatic N) is 2. The van der Waals surface area contributed by atoms with Gasteiger partial charge in [0.25, 0.3) is 5.91 Å². The van der Waals surface area contributed by atoms with Crippen molar-refractivity contribution in [3.8, 4) is 0 Å². The minimum absolute atomic E-state index is 0.108. The van der Waals surface area contributed by atoms with Crippen molar-refractivity contribution < 1.29 is 14.0 Å². The Morgan fingerprint density at radius 3 is 2.52 bits per heavy atom. The number of anilines is 1. The molecule has 0 atom stereocenters. The lowest BCUT2D eigenvalue weighted by Gasteiger charge is -2.31. The summed E-state index contributed by atoms with van der Waals surface area (Å²) in [4.78, 5) is 29.5. The number of furan rings is 1. The van der Waals surface area contributed by atoms with Crippen molar-refractivity contribution in [3.63, 3.8) is 0 Å². The second-order valence-electron chi connectivity index (χ2n) is 9.13. The third-order valence-corrected chi connectivity index (χ3v) is 6.50. The quantitative estimate of drug-likeness (QED) is 0.747. The molecule has 31 heavy (non-hydrogen) atoms. The summed E-state index contributed by atoms with van der Waals surface area (Å²) in [5, 5.41) is 3.04. The summed E-state index contributed by atoms with van der Waals surface area (Å²) in [7, 11) is 2.03. The van der Waals surface area contributed by atoms with Crippen LogP contribution in [0, 0.1) is 6.92 Å². The highest BCUT2D eigenvalue weighted by Gasteiger charge is 2.38. The number of hydrogen-bond acceptors (Lipinski definition) is 5. The van der Waals surface area contributed by atoms with Gasteiger partial charge in [0.1, 0.15) is 5.76 Å². The van der Waals surface area contributed by atoms with Crippen LogP contribution in [-0.4, -0.2) is 49.3 Å². The summed E-state index contributed by atoms with van der Waals surface area (Å²) in [5.41, 5.74) is 3.26. The summed E-state index contributed by atoms with van der Waals surface area (Å²) in [5.74, 6) is 1.03. The van der Waals surface area contributed by atoms with Gasteiger partial charge in [0, 0.05) is 49.1 Å². The molecule has 3 heterocycles. The molecule has 1 N–H and O–H groups in total. The number of carbonyl (C=O) groups is 2. The fraction of sp³-hybridized carbons (Fsp3) is 0.440. The maximum atomic E-state index is 12.9. The Hall–Kier alpha value is -2.86. The predicted molar refractivity (Wildman–Crippen MR) is 121 cm³/mol. The van der Waals surface area contributed by atoms with Gasteiger partial charge in [-0.05, 0) is 43.5 Å². The van der Waals surface area contributed by atoms with Crippen LogP contribution in [0.3, 0.4) is 0 Å². The number of aryl methyl sites for hydroxylation is 1. The monoisotopic (exact) mass is 421 g/mol. The van der Waals surface area contributed by atoms with E-state index >= 15 is 0 Å². The standard InChI is InChI=1S/C25H31N3O3/c1-17-9-10-22(31-17)24(30)26-18-11-13-28(14-12-18)16-19(29)15-23-25(2,3)20-7-5-6-8-21(20)27(23)4/h5-10,15,18H,11-14,16H2,1-4H3,(H,26,30)/b23-15-. The van der Waals surface area contributed by atoms with Gasteiger partial charge in [-0.15, -0.1) is 0 Å². The van der Waals surface area contributed by atoms with Crippen molar-refractivity contribution in [2.24, 2.45) is 0 Å². The number of allylic oxidation sites excluding steroid dienone is 1. The van der Waals surface area contributed by atoms with Crippen molar-refractivity contribution in [3.05, 3.63) is 65.3 Å². The number of benzene rings is 1. The van der Waals surface area contributed by atoms with Gasteiger partial charge < -0.3 is 14.6 Å². The fourth-order valence-electron chi connectivity index (χ4n) is 4.73. The summed E-state index contributed by atoms with van der Waals surface area (Å²) < 4.78 is 5.40. The molecule has 0 bridgehead atoms. The molecule has 1 fully saturated rings. The summed E-state index contributed by atoms with van der Waals surface area (Å²) in [6.45, 7) is 8.14. The molecule has 0 radical (unpaired) electrons. The van der Waals surface area contributed by atoms with Gasteiger partial charge in [-0.25, -0.2) is 0 Å². The predicted octanol–water partition coefficient (Wildman–Crippen LogP) is 3.66. The number of likely N-dealkylation sites (N-methyl/N-ethyl adjacent to an activating group) is 1. The lowest BCUT2D eigenvalue weighted by molar-refractivity contribution is -0.116. The zero-order chi connectivity index (χ0) is 22.2. The maximum Gasteiger partial charge on any atom is 0.287 e. The largest absolute Gasteiger partial charge is 0.456 e. The van der Waals surface area contributed by atoms with E-state index in [1.807, 2.05) is 26.1 Å². The molecule has 164 valence electrons. The van der Waals surface area contributed by atoms with Crippen molar-refractivity contribution in [2.45, 2.75) is 45.1 Å². The molecule has 4 rings (SSSR count). The van der Waals surface area contributed by atoms with Crippen molar-refractivity contribution in [1.29, 1.82) is 0 Å². The molecular weight excluding hydrogens is 390 g/mol. The van der Waals surface area contributed by atoms with Gasteiger partial charge in [0.15, 0.2) is 11.5 Å². The molecule has 6 nitrogen and oxygen atoms in total. The number of fused-ring (bicyclic) bond motifs is 1. The van der Waals surface area contributed by atoms with Crippen molar-refractivity contribution >= 4 is 17.4 Å². The molecule has 1 saturated heterocycles. The van der Waals surface area contributed by atoms with Gasteiger partial charge in [-0.2, -0.15) is 0 Å². The van der Waals surface area contributed by atoms with Gasteiger partial charge in [0.2, 0.25) is 0 Å². The first-order chi connectivity index (χ1) is 14.8. The van der Waals surface area contributed by atoms with Crippen LogP contribution in [0.5, 0.6) is 0 Å². The molecule has 2 aromatic rings. The van der Waals surface area contributed by atoms with Crippen LogP contribution in [0.4, 0.5) is 5.69 Å². The zero-order valence-electron chi connectivity index (χ0n) is 18.8. The Kier molecular flexibility index (Phi) is 5.75. The van der Waals surface area contributed by atoms with E-state index in [9.17, 15) is 9.59 Å². The third kappa shape index (κ3) is 4.30. The Bertz CT molecular complexity index is 1010. The third-order valence-electron chi connectivity index (χ3n) is 6.50. The fourth-order valence-corrected chi connectivity index (χ4v) is 4.73. The highest BCUT2D eigenvalue weighted by Crippen LogP contribution is 2.46. The van der Waals surface area contributed by atoms with Crippen molar-refractivity contribution in [1.82, 2.24) is 10.2 Å². The van der Waals surface area contributed by atoms with Crippen LogP contribution in [0.2, 0.25) is 0 Å².